The van der Waals surface area contributed by atoms with Crippen LogP contribution in [0, 0.1) is 5.41 Å². The van der Waals surface area contributed by atoms with Gasteiger partial charge in [-0.3, -0.25) is 23.6 Å². The Balaban J connectivity index is 1.21. The van der Waals surface area contributed by atoms with Crippen molar-refractivity contribution in [2.45, 2.75) is 50.8 Å². The molecule has 11 nitrogen and oxygen atoms in total. The lowest BCUT2D eigenvalue weighted by Crippen LogP contribution is -2.51. The van der Waals surface area contributed by atoms with E-state index in [4.69, 9.17) is 16.3 Å². The van der Waals surface area contributed by atoms with Crippen molar-refractivity contribution >= 4 is 34.6 Å². The topological polar surface area (TPSA) is 130 Å². The lowest BCUT2D eigenvalue weighted by atomic mass is 9.90. The van der Waals surface area contributed by atoms with Crippen molar-refractivity contribution in [2.24, 2.45) is 5.41 Å². The van der Waals surface area contributed by atoms with Crippen molar-refractivity contribution in [3.63, 3.8) is 0 Å². The summed E-state index contributed by atoms with van der Waals surface area (Å²) in [5.41, 5.74) is 0.188. The van der Waals surface area contributed by atoms with E-state index in [1.54, 1.807) is 10.6 Å². The normalized spacial score (nSPS) is 21.9. The molecule has 0 spiro atoms. The molecule has 3 fully saturated rings. The van der Waals surface area contributed by atoms with Crippen molar-refractivity contribution < 1.29 is 24.5 Å². The van der Waals surface area contributed by atoms with Crippen molar-refractivity contribution in [1.82, 2.24) is 23.9 Å². The molecule has 12 heteroatoms. The molecule has 1 saturated carbocycles. The lowest BCUT2D eigenvalue weighted by Gasteiger charge is -2.39. The summed E-state index contributed by atoms with van der Waals surface area (Å²) in [4.78, 5) is 45.5. The molecular formula is C28H32ClN5O6. The zero-order valence-corrected chi connectivity index (χ0v) is 23.0. The Morgan fingerprint density at radius 3 is 2.48 bits per heavy atom. The highest BCUT2D eigenvalue weighted by atomic mass is 35.5. The van der Waals surface area contributed by atoms with Gasteiger partial charge < -0.3 is 19.8 Å². The van der Waals surface area contributed by atoms with Crippen LogP contribution in [0.5, 0.6) is 0 Å². The Bertz CT molecular complexity index is 1520. The number of hydrogen-bond donors (Lipinski definition) is 2. The fraction of sp³-hybridized carbons (Fsp3) is 0.500. The Kier molecular flexibility index (Phi) is 6.63. The number of piperidine rings is 1. The zero-order valence-electron chi connectivity index (χ0n) is 22.3. The SMILES string of the molecule is CC1(C(=O)N2CCC(O)(Cn3cnc4c(cc(Cl)n4-c4ccc([C@@H]5COCCN5C(=O)O)cc4)c3=O)CC2)CC1. The number of morpholine rings is 1. The molecule has 2 aliphatic heterocycles. The summed E-state index contributed by atoms with van der Waals surface area (Å²) in [6, 6.07) is 8.42. The van der Waals surface area contributed by atoms with E-state index in [9.17, 15) is 24.6 Å². The molecule has 3 aromatic rings. The number of ether oxygens (including phenoxy) is 1. The molecule has 1 atom stereocenters. The first kappa shape index (κ1) is 26.8. The van der Waals surface area contributed by atoms with Crippen molar-refractivity contribution in [1.29, 1.82) is 0 Å². The number of rotatable bonds is 5. The number of aromatic nitrogens is 3. The molecule has 212 valence electrons. The third kappa shape index (κ3) is 4.76. The molecular weight excluding hydrogens is 538 g/mol. The number of fused-ring (bicyclic) bond motifs is 1. The van der Waals surface area contributed by atoms with Crippen LogP contribution in [0.4, 0.5) is 4.79 Å². The third-order valence-electron chi connectivity index (χ3n) is 8.61. The number of amides is 2. The molecule has 0 unspecified atom stereocenters. The number of likely N-dealkylation sites (tertiary alicyclic amines) is 1. The number of benzene rings is 1. The molecule has 0 radical (unpaired) electrons. The molecule has 2 amide bonds. The van der Waals surface area contributed by atoms with Gasteiger partial charge >= 0.3 is 6.09 Å². The highest BCUT2D eigenvalue weighted by Gasteiger charge is 2.48. The molecule has 3 aliphatic rings. The van der Waals surface area contributed by atoms with Gasteiger partial charge in [-0.2, -0.15) is 0 Å². The van der Waals surface area contributed by atoms with Crippen LogP contribution in [0.2, 0.25) is 5.15 Å². The predicted octanol–water partition coefficient (Wildman–Crippen LogP) is 3.05. The highest BCUT2D eigenvalue weighted by Crippen LogP contribution is 2.47. The summed E-state index contributed by atoms with van der Waals surface area (Å²) in [5.74, 6) is 0.158. The third-order valence-corrected chi connectivity index (χ3v) is 8.89. The number of carboxylic acid groups (broad SMARTS) is 1. The first-order valence-corrected chi connectivity index (χ1v) is 13.9. The number of halogens is 1. The van der Waals surface area contributed by atoms with Gasteiger partial charge in [-0.1, -0.05) is 30.7 Å². The maximum absolute atomic E-state index is 13.4. The molecule has 2 saturated heterocycles. The number of nitrogens with zero attached hydrogens (tertiary/aromatic N) is 5. The average Bonchev–Trinajstić information content (AvgIpc) is 3.61. The molecule has 1 aliphatic carbocycles. The Hall–Kier alpha value is -3.41. The minimum absolute atomic E-state index is 0.0785. The summed E-state index contributed by atoms with van der Waals surface area (Å²) in [6.45, 7) is 3.94. The molecule has 40 heavy (non-hydrogen) atoms. The number of hydrogen-bond acceptors (Lipinski definition) is 6. The minimum Gasteiger partial charge on any atom is -0.465 e. The van der Waals surface area contributed by atoms with Gasteiger partial charge in [0.25, 0.3) is 5.56 Å². The Morgan fingerprint density at radius 2 is 1.82 bits per heavy atom. The second kappa shape index (κ2) is 9.90. The van der Waals surface area contributed by atoms with Gasteiger partial charge in [0.1, 0.15) is 11.5 Å². The fourth-order valence-electron chi connectivity index (χ4n) is 5.78. The monoisotopic (exact) mass is 569 g/mol. The number of aliphatic hydroxyl groups is 1. The average molecular weight is 570 g/mol. The summed E-state index contributed by atoms with van der Waals surface area (Å²) in [7, 11) is 0. The van der Waals surface area contributed by atoms with Crippen LogP contribution in [0.1, 0.15) is 44.2 Å². The van der Waals surface area contributed by atoms with Crippen LogP contribution in [0.3, 0.4) is 0 Å². The summed E-state index contributed by atoms with van der Waals surface area (Å²) >= 11 is 6.57. The first-order valence-electron chi connectivity index (χ1n) is 13.5. The lowest BCUT2D eigenvalue weighted by molar-refractivity contribution is -0.141. The van der Waals surface area contributed by atoms with E-state index < -0.39 is 17.7 Å². The molecule has 2 N–H and O–H groups in total. The van der Waals surface area contributed by atoms with E-state index in [1.165, 1.54) is 15.8 Å². The van der Waals surface area contributed by atoms with E-state index in [-0.39, 0.29) is 30.0 Å². The standard InChI is InChI=1S/C28H32ClN5O6/c1-27(6-7-27)25(36)31-10-8-28(39,9-11-31)16-32-17-30-23-20(24(32)35)14-22(29)34(23)19-4-2-18(3-5-19)21-15-40-13-12-33(21)26(37)38/h2-5,14,17,21,39H,6-13,15-16H2,1H3,(H,37,38)/t21-/m0/s1. The second-order valence-corrected chi connectivity index (χ2v) is 11.8. The smallest absolute Gasteiger partial charge is 0.407 e. The zero-order chi connectivity index (χ0) is 28.2. The van der Waals surface area contributed by atoms with Crippen LogP contribution < -0.4 is 5.56 Å². The highest BCUT2D eigenvalue weighted by molar-refractivity contribution is 6.31. The molecule has 6 rings (SSSR count). The maximum atomic E-state index is 13.4. The van der Waals surface area contributed by atoms with Gasteiger partial charge in [-0.15, -0.1) is 0 Å². The van der Waals surface area contributed by atoms with E-state index in [0.717, 1.165) is 18.4 Å². The van der Waals surface area contributed by atoms with Crippen molar-refractivity contribution in [3.05, 3.63) is 57.7 Å². The fourth-order valence-corrected chi connectivity index (χ4v) is 6.07. The largest absolute Gasteiger partial charge is 0.465 e. The molecule has 2 aromatic heterocycles. The first-order chi connectivity index (χ1) is 19.1. The Morgan fingerprint density at radius 1 is 1.12 bits per heavy atom. The van der Waals surface area contributed by atoms with Gasteiger partial charge in [0.2, 0.25) is 5.91 Å². The molecule has 0 bridgehead atoms. The van der Waals surface area contributed by atoms with Crippen LogP contribution in [0.25, 0.3) is 16.7 Å². The van der Waals surface area contributed by atoms with E-state index in [1.807, 2.05) is 36.1 Å². The van der Waals surface area contributed by atoms with Crippen LogP contribution in [-0.4, -0.2) is 84.6 Å². The van der Waals surface area contributed by atoms with Crippen molar-refractivity contribution in [2.75, 3.05) is 32.8 Å². The van der Waals surface area contributed by atoms with E-state index >= 15 is 0 Å². The summed E-state index contributed by atoms with van der Waals surface area (Å²) in [5, 5.41) is 21.4. The second-order valence-electron chi connectivity index (χ2n) is 11.5. The van der Waals surface area contributed by atoms with Crippen LogP contribution in [-0.2, 0) is 16.1 Å². The van der Waals surface area contributed by atoms with Gasteiger partial charge in [-0.05, 0) is 49.4 Å². The summed E-state index contributed by atoms with van der Waals surface area (Å²) in [6.07, 6.45) is 3.04. The number of carbonyl (C=O) groups is 2. The minimum atomic E-state index is -1.12. The van der Waals surface area contributed by atoms with Crippen LogP contribution >= 0.6 is 11.6 Å². The van der Waals surface area contributed by atoms with E-state index in [0.29, 0.717) is 61.0 Å². The van der Waals surface area contributed by atoms with Gasteiger partial charge in [0.15, 0.2) is 5.65 Å². The predicted molar refractivity (Wildman–Crippen MR) is 147 cm³/mol. The van der Waals surface area contributed by atoms with Gasteiger partial charge in [0, 0.05) is 30.7 Å². The summed E-state index contributed by atoms with van der Waals surface area (Å²) < 4.78 is 8.57. The number of carbonyl (C=O) groups excluding carboxylic acids is 1. The van der Waals surface area contributed by atoms with Crippen molar-refractivity contribution in [3.8, 4) is 5.69 Å². The van der Waals surface area contributed by atoms with Crippen LogP contribution in [0.15, 0.2) is 41.5 Å². The quantitative estimate of drug-likeness (QED) is 0.483. The molecule has 4 heterocycles. The maximum Gasteiger partial charge on any atom is 0.407 e. The van der Waals surface area contributed by atoms with E-state index in [2.05, 4.69) is 4.98 Å². The Labute approximate surface area is 235 Å². The van der Waals surface area contributed by atoms with Gasteiger partial charge in [0.05, 0.1) is 36.8 Å². The molecule has 1 aromatic carbocycles. The van der Waals surface area contributed by atoms with Gasteiger partial charge in [-0.25, -0.2) is 9.78 Å².